The standard InChI is InChI=1S/C17H15FN4O3/c1-25-15-5-2-11(8-13(15)18)14(23)4-7-17(24)20-12-3-6-16-21-19-10-22(16)9-12/h2-3,5-6,8-10H,4,7H2,1H3,(H,20,24). The fourth-order valence-electron chi connectivity index (χ4n) is 2.34. The zero-order valence-corrected chi connectivity index (χ0v) is 13.4. The molecule has 128 valence electrons. The summed E-state index contributed by atoms with van der Waals surface area (Å²) in [6, 6.07) is 7.38. The van der Waals surface area contributed by atoms with Crippen molar-refractivity contribution in [3.05, 3.63) is 54.2 Å². The Hall–Kier alpha value is -3.29. The van der Waals surface area contributed by atoms with Gasteiger partial charge in [0.05, 0.1) is 12.8 Å². The van der Waals surface area contributed by atoms with E-state index in [-0.39, 0.29) is 35.8 Å². The summed E-state index contributed by atoms with van der Waals surface area (Å²) in [5, 5.41) is 10.3. The number of nitrogens with zero attached hydrogens (tertiary/aromatic N) is 3. The van der Waals surface area contributed by atoms with Crippen molar-refractivity contribution in [2.24, 2.45) is 0 Å². The molecule has 0 fully saturated rings. The number of hydrogen-bond donors (Lipinski definition) is 1. The maximum Gasteiger partial charge on any atom is 0.224 e. The predicted octanol–water partition coefficient (Wildman–Crippen LogP) is 2.48. The molecule has 0 aliphatic heterocycles. The first kappa shape index (κ1) is 16.6. The molecular formula is C17H15FN4O3. The van der Waals surface area contributed by atoms with Crippen molar-refractivity contribution in [1.82, 2.24) is 14.6 Å². The number of ketones is 1. The second kappa shape index (κ2) is 7.08. The van der Waals surface area contributed by atoms with Crippen LogP contribution in [0.5, 0.6) is 5.75 Å². The van der Waals surface area contributed by atoms with Crippen LogP contribution >= 0.6 is 0 Å². The summed E-state index contributed by atoms with van der Waals surface area (Å²) in [5.41, 5.74) is 1.44. The zero-order chi connectivity index (χ0) is 17.8. The Morgan fingerprint density at radius 3 is 2.84 bits per heavy atom. The first-order valence-electron chi connectivity index (χ1n) is 7.53. The maximum absolute atomic E-state index is 13.6. The van der Waals surface area contributed by atoms with E-state index in [4.69, 9.17) is 4.74 Å². The number of rotatable bonds is 6. The molecule has 8 heteroatoms. The lowest BCUT2D eigenvalue weighted by molar-refractivity contribution is -0.116. The molecule has 3 rings (SSSR count). The van der Waals surface area contributed by atoms with Crippen LogP contribution in [0.1, 0.15) is 23.2 Å². The highest BCUT2D eigenvalue weighted by atomic mass is 19.1. The smallest absolute Gasteiger partial charge is 0.224 e. The Kier molecular flexibility index (Phi) is 4.69. The van der Waals surface area contributed by atoms with Gasteiger partial charge in [-0.25, -0.2) is 4.39 Å². The molecule has 0 radical (unpaired) electrons. The molecule has 0 aliphatic rings. The summed E-state index contributed by atoms with van der Waals surface area (Å²) in [4.78, 5) is 24.1. The number of hydrogen-bond acceptors (Lipinski definition) is 5. The summed E-state index contributed by atoms with van der Waals surface area (Å²) in [6.07, 6.45) is 3.17. The van der Waals surface area contributed by atoms with Gasteiger partial charge >= 0.3 is 0 Å². The number of amides is 1. The lowest BCUT2D eigenvalue weighted by atomic mass is 10.1. The van der Waals surface area contributed by atoms with E-state index in [9.17, 15) is 14.0 Å². The number of carbonyl (C=O) groups is 2. The summed E-state index contributed by atoms with van der Waals surface area (Å²) in [6.45, 7) is 0. The van der Waals surface area contributed by atoms with E-state index in [1.165, 1.54) is 25.6 Å². The van der Waals surface area contributed by atoms with Crippen molar-refractivity contribution >= 4 is 23.0 Å². The summed E-state index contributed by atoms with van der Waals surface area (Å²) < 4.78 is 20.1. The molecular weight excluding hydrogens is 327 g/mol. The highest BCUT2D eigenvalue weighted by molar-refractivity contribution is 6.00. The minimum atomic E-state index is -0.611. The average molecular weight is 342 g/mol. The van der Waals surface area contributed by atoms with Crippen LogP contribution < -0.4 is 10.1 Å². The third kappa shape index (κ3) is 3.79. The van der Waals surface area contributed by atoms with Gasteiger partial charge in [-0.1, -0.05) is 0 Å². The van der Waals surface area contributed by atoms with E-state index in [1.54, 1.807) is 22.7 Å². The van der Waals surface area contributed by atoms with Gasteiger partial charge < -0.3 is 10.1 Å². The maximum atomic E-state index is 13.6. The number of aromatic nitrogens is 3. The molecule has 1 aromatic carbocycles. The molecule has 0 saturated carbocycles. The number of Topliss-reactive ketones (excluding diaryl/α,β-unsaturated/α-hetero) is 1. The molecule has 2 heterocycles. The van der Waals surface area contributed by atoms with Crippen molar-refractivity contribution in [1.29, 1.82) is 0 Å². The molecule has 7 nitrogen and oxygen atoms in total. The van der Waals surface area contributed by atoms with Gasteiger partial charge in [0.1, 0.15) is 6.33 Å². The van der Waals surface area contributed by atoms with Gasteiger partial charge in [0.2, 0.25) is 5.91 Å². The van der Waals surface area contributed by atoms with Crippen LogP contribution in [0.4, 0.5) is 10.1 Å². The van der Waals surface area contributed by atoms with Gasteiger partial charge in [-0.05, 0) is 30.3 Å². The van der Waals surface area contributed by atoms with Gasteiger partial charge in [0, 0.05) is 24.6 Å². The lowest BCUT2D eigenvalue weighted by Gasteiger charge is -2.06. The number of methoxy groups -OCH3 is 1. The van der Waals surface area contributed by atoms with Crippen molar-refractivity contribution in [2.75, 3.05) is 12.4 Å². The first-order chi connectivity index (χ1) is 12.1. The quantitative estimate of drug-likeness (QED) is 0.696. The van der Waals surface area contributed by atoms with Crippen LogP contribution in [0.15, 0.2) is 42.9 Å². The molecule has 1 N–H and O–H groups in total. The minimum Gasteiger partial charge on any atom is -0.494 e. The number of benzene rings is 1. The Labute approximate surface area is 142 Å². The van der Waals surface area contributed by atoms with Gasteiger partial charge in [-0.15, -0.1) is 10.2 Å². The second-order valence-electron chi connectivity index (χ2n) is 5.33. The van der Waals surface area contributed by atoms with Gasteiger partial charge in [-0.2, -0.15) is 0 Å². The monoisotopic (exact) mass is 342 g/mol. The molecule has 0 unspecified atom stereocenters. The van der Waals surface area contributed by atoms with Crippen LogP contribution in [0.2, 0.25) is 0 Å². The molecule has 0 aliphatic carbocycles. The topological polar surface area (TPSA) is 85.6 Å². The summed E-state index contributed by atoms with van der Waals surface area (Å²) in [5.74, 6) is -1.17. The van der Waals surface area contributed by atoms with Crippen LogP contribution in [-0.4, -0.2) is 33.4 Å². The third-order valence-corrected chi connectivity index (χ3v) is 3.63. The largest absolute Gasteiger partial charge is 0.494 e. The molecule has 0 spiro atoms. The Morgan fingerprint density at radius 1 is 1.24 bits per heavy atom. The fourth-order valence-corrected chi connectivity index (χ4v) is 2.34. The van der Waals surface area contributed by atoms with Crippen molar-refractivity contribution in [3.63, 3.8) is 0 Å². The Bertz CT molecular complexity index is 939. The van der Waals surface area contributed by atoms with E-state index in [0.717, 1.165) is 6.07 Å². The Balaban J connectivity index is 1.57. The summed E-state index contributed by atoms with van der Waals surface area (Å²) >= 11 is 0. The molecule has 25 heavy (non-hydrogen) atoms. The first-order valence-corrected chi connectivity index (χ1v) is 7.53. The van der Waals surface area contributed by atoms with E-state index >= 15 is 0 Å². The van der Waals surface area contributed by atoms with Crippen LogP contribution in [-0.2, 0) is 4.79 Å². The average Bonchev–Trinajstić information content (AvgIpc) is 3.07. The number of nitrogens with one attached hydrogen (secondary N) is 1. The third-order valence-electron chi connectivity index (χ3n) is 3.63. The molecule has 3 aromatic rings. The van der Waals surface area contributed by atoms with E-state index in [0.29, 0.717) is 11.3 Å². The molecule has 0 bridgehead atoms. The normalized spacial score (nSPS) is 10.6. The second-order valence-corrected chi connectivity index (χ2v) is 5.33. The van der Waals surface area contributed by atoms with E-state index in [2.05, 4.69) is 15.5 Å². The summed E-state index contributed by atoms with van der Waals surface area (Å²) in [7, 11) is 1.35. The zero-order valence-electron chi connectivity index (χ0n) is 13.4. The van der Waals surface area contributed by atoms with Gasteiger partial charge in [0.15, 0.2) is 23.0 Å². The number of anilines is 1. The predicted molar refractivity (Wildman–Crippen MR) is 88.1 cm³/mol. The van der Waals surface area contributed by atoms with Crippen molar-refractivity contribution in [2.45, 2.75) is 12.8 Å². The number of pyridine rings is 1. The molecule has 2 aromatic heterocycles. The number of ether oxygens (including phenoxy) is 1. The SMILES string of the molecule is COc1ccc(C(=O)CCC(=O)Nc2ccc3nncn3c2)cc1F. The number of carbonyl (C=O) groups excluding carboxylic acids is 2. The number of fused-ring (bicyclic) bond motifs is 1. The minimum absolute atomic E-state index is 0.00724. The number of halogens is 1. The van der Waals surface area contributed by atoms with Crippen LogP contribution in [0.3, 0.4) is 0 Å². The van der Waals surface area contributed by atoms with Crippen molar-refractivity contribution < 1.29 is 18.7 Å². The van der Waals surface area contributed by atoms with Gasteiger partial charge in [0.25, 0.3) is 0 Å². The highest BCUT2D eigenvalue weighted by Crippen LogP contribution is 2.19. The van der Waals surface area contributed by atoms with Gasteiger partial charge in [-0.3, -0.25) is 14.0 Å². The highest BCUT2D eigenvalue weighted by Gasteiger charge is 2.12. The van der Waals surface area contributed by atoms with Crippen LogP contribution in [0, 0.1) is 5.82 Å². The lowest BCUT2D eigenvalue weighted by Crippen LogP contribution is -2.14. The van der Waals surface area contributed by atoms with E-state index in [1.807, 2.05) is 0 Å². The van der Waals surface area contributed by atoms with E-state index < -0.39 is 5.82 Å². The Morgan fingerprint density at radius 2 is 2.08 bits per heavy atom. The molecule has 1 amide bonds. The fraction of sp³-hybridized carbons (Fsp3) is 0.176. The molecule has 0 saturated heterocycles. The van der Waals surface area contributed by atoms with Crippen molar-refractivity contribution in [3.8, 4) is 5.75 Å². The van der Waals surface area contributed by atoms with Crippen LogP contribution in [0.25, 0.3) is 5.65 Å². The molecule has 0 atom stereocenters.